The zero-order valence-electron chi connectivity index (χ0n) is 31.8. The minimum atomic E-state index is -4.58. The number of nitrogens with one attached hydrogen (secondary N) is 2. The average molecular weight is 791 g/mol. The van der Waals surface area contributed by atoms with Gasteiger partial charge in [0.2, 0.25) is 11.8 Å². The van der Waals surface area contributed by atoms with Crippen molar-refractivity contribution < 1.29 is 27.7 Å². The molecule has 2 aliphatic rings. The number of thioether (sulfide) groups is 1. The van der Waals surface area contributed by atoms with Gasteiger partial charge in [-0.15, -0.1) is 11.8 Å². The Balaban J connectivity index is 1.37. The maximum Gasteiger partial charge on any atom is 0.293 e. The van der Waals surface area contributed by atoms with Gasteiger partial charge < -0.3 is 24.8 Å². The number of benzene rings is 3. The summed E-state index contributed by atoms with van der Waals surface area (Å²) in [6.07, 6.45) is 6.15. The molecule has 0 spiro atoms. The molecule has 0 radical (unpaired) electrons. The van der Waals surface area contributed by atoms with Gasteiger partial charge in [0, 0.05) is 60.9 Å². The summed E-state index contributed by atoms with van der Waals surface area (Å²) in [4.78, 5) is 45.8. The molecule has 1 aliphatic carbocycles. The molecule has 13 nitrogen and oxygen atoms in total. The highest BCUT2D eigenvalue weighted by Gasteiger charge is 2.40. The number of ether oxygens (including phenoxy) is 1. The van der Waals surface area contributed by atoms with Crippen LogP contribution >= 0.6 is 11.8 Å². The number of anilines is 1. The first kappa shape index (κ1) is 41.5. The number of nitro benzene ring substituents is 1. The van der Waals surface area contributed by atoms with E-state index in [1.807, 2.05) is 86.7 Å². The van der Waals surface area contributed by atoms with E-state index in [2.05, 4.69) is 14.9 Å². The molecule has 0 aromatic heterocycles. The first-order valence-corrected chi connectivity index (χ1v) is 20.7. The van der Waals surface area contributed by atoms with Crippen molar-refractivity contribution in [2.45, 2.75) is 41.5 Å². The fourth-order valence-corrected chi connectivity index (χ4v) is 8.62. The van der Waals surface area contributed by atoms with Gasteiger partial charge in [0.05, 0.1) is 22.3 Å². The van der Waals surface area contributed by atoms with E-state index < -0.39 is 36.9 Å². The molecular weight excluding hydrogens is 741 g/mol. The summed E-state index contributed by atoms with van der Waals surface area (Å²) in [6, 6.07) is 20.7. The smallest absolute Gasteiger partial charge is 0.293 e. The Labute approximate surface area is 328 Å². The van der Waals surface area contributed by atoms with Crippen molar-refractivity contribution in [2.24, 2.45) is 5.41 Å². The van der Waals surface area contributed by atoms with E-state index in [9.17, 15) is 28.1 Å². The topological polar surface area (TPSA) is 154 Å². The molecule has 1 fully saturated rings. The van der Waals surface area contributed by atoms with Crippen LogP contribution in [-0.4, -0.2) is 113 Å². The van der Waals surface area contributed by atoms with Crippen molar-refractivity contribution in [3.05, 3.63) is 107 Å². The number of nitrogens with zero attached hydrogens (tertiary/aromatic N) is 4. The second-order valence-electron chi connectivity index (χ2n) is 14.2. The van der Waals surface area contributed by atoms with Gasteiger partial charge in [-0.3, -0.25) is 19.7 Å². The number of amides is 2. The van der Waals surface area contributed by atoms with Crippen molar-refractivity contribution in [1.29, 1.82) is 0 Å². The molecule has 1 heterocycles. The van der Waals surface area contributed by atoms with E-state index in [4.69, 9.17) is 4.74 Å². The van der Waals surface area contributed by atoms with Crippen LogP contribution in [0.3, 0.4) is 0 Å². The van der Waals surface area contributed by atoms with E-state index in [1.165, 1.54) is 12.1 Å². The number of hydrogen-bond acceptors (Lipinski definition) is 11. The van der Waals surface area contributed by atoms with Gasteiger partial charge in [-0.25, -0.2) is 13.1 Å². The number of hydrogen-bond donors (Lipinski definition) is 2. The van der Waals surface area contributed by atoms with Gasteiger partial charge in [-0.1, -0.05) is 54.6 Å². The van der Waals surface area contributed by atoms with E-state index in [1.54, 1.807) is 35.9 Å². The normalized spacial score (nSPS) is 18.1. The molecule has 15 heteroatoms. The molecule has 2 atom stereocenters. The molecule has 2 N–H and O–H groups in total. The molecule has 0 bridgehead atoms. The van der Waals surface area contributed by atoms with Gasteiger partial charge in [0.15, 0.2) is 0 Å². The van der Waals surface area contributed by atoms with Gasteiger partial charge in [0.25, 0.3) is 15.7 Å². The molecule has 294 valence electrons. The van der Waals surface area contributed by atoms with E-state index in [-0.39, 0.29) is 36.9 Å². The van der Waals surface area contributed by atoms with Crippen molar-refractivity contribution in [1.82, 2.24) is 19.4 Å². The number of sulfonamides is 1. The number of nitro groups is 1. The number of piperazine rings is 1. The lowest BCUT2D eigenvalue weighted by atomic mass is 9.75. The zero-order chi connectivity index (χ0) is 39.6. The average Bonchev–Trinajstić information content (AvgIpc) is 3.18. The fourth-order valence-electron chi connectivity index (χ4n) is 6.55. The summed E-state index contributed by atoms with van der Waals surface area (Å²) >= 11 is 1.62. The van der Waals surface area contributed by atoms with Crippen LogP contribution in [0.15, 0.2) is 101 Å². The van der Waals surface area contributed by atoms with Crippen LogP contribution in [0, 0.1) is 15.5 Å². The predicted octanol–water partition coefficient (Wildman–Crippen LogP) is 5.52. The van der Waals surface area contributed by atoms with E-state index >= 15 is 0 Å². The monoisotopic (exact) mass is 790 g/mol. The number of para-hydroxylation sites is 1. The van der Waals surface area contributed by atoms with Crippen LogP contribution in [0.2, 0.25) is 0 Å². The number of rotatable bonds is 17. The quantitative estimate of drug-likeness (QED) is 0.101. The molecule has 3 aromatic rings. The predicted molar refractivity (Wildman–Crippen MR) is 217 cm³/mol. The number of allylic oxidation sites excluding steroid dienone is 3. The lowest BCUT2D eigenvalue weighted by Crippen LogP contribution is -2.48. The molecule has 3 aromatic carbocycles. The highest BCUT2D eigenvalue weighted by molar-refractivity contribution is 7.99. The summed E-state index contributed by atoms with van der Waals surface area (Å²) in [5, 5.41) is 15.6. The van der Waals surface area contributed by atoms with Crippen LogP contribution in [0.5, 0.6) is 5.75 Å². The van der Waals surface area contributed by atoms with Crippen molar-refractivity contribution >= 4 is 50.5 Å². The Morgan fingerprint density at radius 2 is 1.75 bits per heavy atom. The molecule has 1 aliphatic heterocycles. The van der Waals surface area contributed by atoms with Crippen molar-refractivity contribution in [2.75, 3.05) is 72.0 Å². The van der Waals surface area contributed by atoms with Crippen molar-refractivity contribution in [3.63, 3.8) is 0 Å². The Morgan fingerprint density at radius 3 is 2.40 bits per heavy atom. The number of carbonyl (C=O) groups excluding carboxylic acids is 2. The maximum absolute atomic E-state index is 14.2. The number of methoxy groups -OCH3 is 1. The Bertz CT molecular complexity index is 2000. The molecule has 55 heavy (non-hydrogen) atoms. The standard InChI is InChI=1S/C40H50N6O7S2/c1-43(2)23-19-31(29-54-32-10-6-5-7-11-32)41-35-15-14-33(28-36(35)46(49)50)55(51,52)42-39(48)40(22-18-38(47)45-26-24-44(3)25-27-45)20-16-30(17-21-40)34-12-8-9-13-37(34)53-4/h5-17,20,28,31,41H,18-19,21-27,29H2,1-4H3,(H,42,48)/t31-,40?/m1/s1. The molecular formula is C40H50N6O7S2. The molecule has 5 rings (SSSR count). The summed E-state index contributed by atoms with van der Waals surface area (Å²) < 4.78 is 35.4. The Morgan fingerprint density at radius 1 is 1.04 bits per heavy atom. The summed E-state index contributed by atoms with van der Waals surface area (Å²) in [5.74, 6) is 0.324. The van der Waals surface area contributed by atoms with Crippen LogP contribution < -0.4 is 14.8 Å². The van der Waals surface area contributed by atoms with Crippen LogP contribution in [0.4, 0.5) is 11.4 Å². The summed E-state index contributed by atoms with van der Waals surface area (Å²) in [5.41, 5.74) is -0.0383. The number of likely N-dealkylation sites (N-methyl/N-ethyl adjacent to an activating group) is 1. The Kier molecular flexibility index (Phi) is 14.1. The largest absolute Gasteiger partial charge is 0.496 e. The molecule has 1 saturated heterocycles. The third-order valence-corrected chi connectivity index (χ3v) is 12.5. The molecule has 2 amide bonds. The fraction of sp³-hybridized carbons (Fsp3) is 0.400. The minimum Gasteiger partial charge on any atom is -0.496 e. The molecule has 1 unspecified atom stereocenters. The van der Waals surface area contributed by atoms with Gasteiger partial charge >= 0.3 is 0 Å². The minimum absolute atomic E-state index is 0.0305. The summed E-state index contributed by atoms with van der Waals surface area (Å²) in [6.45, 7) is 3.35. The van der Waals surface area contributed by atoms with E-state index in [0.29, 0.717) is 31.0 Å². The van der Waals surface area contributed by atoms with Crippen molar-refractivity contribution in [3.8, 4) is 5.75 Å². The Hall–Kier alpha value is -4.70. The SMILES string of the molecule is COc1ccccc1C1=CCC(CCC(=O)N2CCN(C)CC2)(C(=O)NS(=O)(=O)c2ccc(N[C@H](CCN(C)C)CSc3ccccc3)c([N+](=O)[O-])c2)C=C1. The third kappa shape index (κ3) is 11.0. The maximum atomic E-state index is 14.2. The third-order valence-electron chi connectivity index (χ3n) is 9.96. The lowest BCUT2D eigenvalue weighted by molar-refractivity contribution is -0.384. The number of carbonyl (C=O) groups is 2. The van der Waals surface area contributed by atoms with Gasteiger partial charge in [-0.2, -0.15) is 0 Å². The van der Waals surface area contributed by atoms with Crippen LogP contribution in [-0.2, 0) is 19.6 Å². The highest BCUT2D eigenvalue weighted by Crippen LogP contribution is 2.40. The molecule has 0 saturated carbocycles. The van der Waals surface area contributed by atoms with Crippen LogP contribution in [0.1, 0.15) is 31.2 Å². The second kappa shape index (κ2) is 18.8. The van der Waals surface area contributed by atoms with Gasteiger partial charge in [0.1, 0.15) is 11.4 Å². The second-order valence-corrected chi connectivity index (χ2v) is 16.9. The van der Waals surface area contributed by atoms with E-state index in [0.717, 1.165) is 41.7 Å². The first-order chi connectivity index (χ1) is 26.3. The first-order valence-electron chi connectivity index (χ1n) is 18.2. The van der Waals surface area contributed by atoms with Crippen LogP contribution in [0.25, 0.3) is 5.57 Å². The lowest BCUT2D eigenvalue weighted by Gasteiger charge is -2.34. The highest BCUT2D eigenvalue weighted by atomic mass is 32.2. The zero-order valence-corrected chi connectivity index (χ0v) is 33.4. The van der Waals surface area contributed by atoms with Gasteiger partial charge in [-0.05, 0) is 82.9 Å². The summed E-state index contributed by atoms with van der Waals surface area (Å²) in [7, 11) is 2.89.